The fraction of sp³-hybridized carbons (Fsp3) is 0.167. The first-order valence-corrected chi connectivity index (χ1v) is 6.10. The van der Waals surface area contributed by atoms with Crippen molar-refractivity contribution in [3.8, 4) is 5.69 Å². The molecule has 0 radical (unpaired) electrons. The van der Waals surface area contributed by atoms with Gasteiger partial charge in [-0.3, -0.25) is 14.5 Å². The number of carbonyl (C=O) groups excluding carboxylic acids is 1. The maximum absolute atomic E-state index is 11.7. The third-order valence-electron chi connectivity index (χ3n) is 2.91. The van der Waals surface area contributed by atoms with Crippen LogP contribution in [-0.2, 0) is 4.79 Å². The van der Waals surface area contributed by atoms with E-state index in [1.165, 1.54) is 0 Å². The van der Waals surface area contributed by atoms with Crippen LogP contribution in [0.4, 0.5) is 5.69 Å². The number of aromatic nitrogens is 5. The van der Waals surface area contributed by atoms with E-state index in [1.54, 1.807) is 23.4 Å². The Morgan fingerprint density at radius 3 is 2.90 bits per heavy atom. The number of nitrogens with zero attached hydrogens (tertiary/aromatic N) is 4. The van der Waals surface area contributed by atoms with Crippen molar-refractivity contribution in [1.82, 2.24) is 25.0 Å². The van der Waals surface area contributed by atoms with Crippen LogP contribution in [0.15, 0.2) is 31.0 Å². The molecule has 0 fully saturated rings. The zero-order valence-electron chi connectivity index (χ0n) is 10.6. The molecule has 0 aliphatic rings. The molecule has 0 bridgehead atoms. The second-order valence-electron chi connectivity index (χ2n) is 4.28. The number of hydrogen-bond donors (Lipinski definition) is 3. The number of H-pyrrole nitrogens is 1. The van der Waals surface area contributed by atoms with Gasteiger partial charge in [-0.05, 0) is 12.1 Å². The van der Waals surface area contributed by atoms with Gasteiger partial charge >= 0.3 is 0 Å². The van der Waals surface area contributed by atoms with Crippen LogP contribution in [-0.4, -0.2) is 37.4 Å². The monoisotopic (exact) mass is 271 g/mol. The standard InChI is InChI=1S/C12H13N7O/c13-2-1-12(20)17-10-3-8(19-6-15-16-7-19)4-11-9(10)5-14-18-11/h3-7H,1-2,13H2,(H,14,18)(H,17,20). The molecule has 8 heteroatoms. The Morgan fingerprint density at radius 2 is 2.15 bits per heavy atom. The Hall–Kier alpha value is -2.74. The summed E-state index contributed by atoms with van der Waals surface area (Å²) in [6, 6.07) is 3.75. The Labute approximate surface area is 114 Å². The lowest BCUT2D eigenvalue weighted by Gasteiger charge is -2.09. The highest BCUT2D eigenvalue weighted by Crippen LogP contribution is 2.25. The second kappa shape index (κ2) is 5.10. The highest BCUT2D eigenvalue weighted by Gasteiger charge is 2.10. The molecule has 4 N–H and O–H groups in total. The fourth-order valence-corrected chi connectivity index (χ4v) is 1.97. The van der Waals surface area contributed by atoms with Crippen molar-refractivity contribution in [2.45, 2.75) is 6.42 Å². The van der Waals surface area contributed by atoms with Gasteiger partial charge in [0.1, 0.15) is 12.7 Å². The summed E-state index contributed by atoms with van der Waals surface area (Å²) in [6.07, 6.45) is 5.12. The third kappa shape index (κ3) is 2.24. The number of rotatable bonds is 4. The molecule has 0 aliphatic heterocycles. The van der Waals surface area contributed by atoms with Crippen molar-refractivity contribution < 1.29 is 4.79 Å². The molecule has 0 spiro atoms. The topological polar surface area (TPSA) is 115 Å². The number of benzene rings is 1. The van der Waals surface area contributed by atoms with E-state index in [4.69, 9.17) is 5.73 Å². The Kier molecular flexibility index (Phi) is 3.13. The Bertz CT molecular complexity index is 731. The first-order valence-electron chi connectivity index (χ1n) is 6.10. The van der Waals surface area contributed by atoms with Crippen molar-refractivity contribution >= 4 is 22.5 Å². The summed E-state index contributed by atoms with van der Waals surface area (Å²) in [5, 5.41) is 18.1. The van der Waals surface area contributed by atoms with E-state index in [9.17, 15) is 4.79 Å². The first kappa shape index (κ1) is 12.3. The number of nitrogens with one attached hydrogen (secondary N) is 2. The molecule has 1 aromatic carbocycles. The molecule has 102 valence electrons. The second-order valence-corrected chi connectivity index (χ2v) is 4.28. The van der Waals surface area contributed by atoms with Crippen LogP contribution in [0.1, 0.15) is 6.42 Å². The van der Waals surface area contributed by atoms with Gasteiger partial charge in [-0.1, -0.05) is 0 Å². The van der Waals surface area contributed by atoms with E-state index >= 15 is 0 Å². The zero-order chi connectivity index (χ0) is 13.9. The maximum Gasteiger partial charge on any atom is 0.225 e. The predicted molar refractivity (Wildman–Crippen MR) is 73.3 cm³/mol. The largest absolute Gasteiger partial charge is 0.330 e. The van der Waals surface area contributed by atoms with Gasteiger partial charge in [0.25, 0.3) is 0 Å². The van der Waals surface area contributed by atoms with Crippen LogP contribution in [0.3, 0.4) is 0 Å². The minimum Gasteiger partial charge on any atom is -0.330 e. The summed E-state index contributed by atoms with van der Waals surface area (Å²) in [7, 11) is 0. The minimum absolute atomic E-state index is 0.129. The molecule has 0 saturated heterocycles. The molecule has 1 amide bonds. The van der Waals surface area contributed by atoms with Crippen molar-refractivity contribution in [2.24, 2.45) is 5.73 Å². The quantitative estimate of drug-likeness (QED) is 0.636. The summed E-state index contributed by atoms with van der Waals surface area (Å²) in [5.41, 5.74) is 7.71. The van der Waals surface area contributed by atoms with Gasteiger partial charge in [-0.2, -0.15) is 5.10 Å². The summed E-state index contributed by atoms with van der Waals surface area (Å²) < 4.78 is 1.75. The van der Waals surface area contributed by atoms with Crippen molar-refractivity contribution in [3.63, 3.8) is 0 Å². The van der Waals surface area contributed by atoms with Gasteiger partial charge in [0, 0.05) is 18.4 Å². The van der Waals surface area contributed by atoms with Crippen LogP contribution < -0.4 is 11.1 Å². The lowest BCUT2D eigenvalue weighted by Crippen LogP contribution is -2.16. The number of amides is 1. The average molecular weight is 271 g/mol. The zero-order valence-corrected chi connectivity index (χ0v) is 10.6. The van der Waals surface area contributed by atoms with E-state index in [0.29, 0.717) is 12.2 Å². The van der Waals surface area contributed by atoms with Gasteiger partial charge in [0.05, 0.1) is 23.1 Å². The van der Waals surface area contributed by atoms with Crippen LogP contribution in [0.5, 0.6) is 0 Å². The number of hydrogen-bond acceptors (Lipinski definition) is 5. The summed E-state index contributed by atoms with van der Waals surface area (Å²) in [5.74, 6) is -0.129. The average Bonchev–Trinajstić information content (AvgIpc) is 3.10. The van der Waals surface area contributed by atoms with Crippen molar-refractivity contribution in [2.75, 3.05) is 11.9 Å². The summed E-state index contributed by atoms with van der Waals surface area (Å²) >= 11 is 0. The van der Waals surface area contributed by atoms with Crippen molar-refractivity contribution in [1.29, 1.82) is 0 Å². The highest BCUT2D eigenvalue weighted by atomic mass is 16.1. The predicted octanol–water partition coefficient (Wildman–Crippen LogP) is 0.431. The number of aromatic amines is 1. The fourth-order valence-electron chi connectivity index (χ4n) is 1.97. The molecular weight excluding hydrogens is 258 g/mol. The number of fused-ring (bicyclic) bond motifs is 1. The Morgan fingerprint density at radius 1 is 1.35 bits per heavy atom. The van der Waals surface area contributed by atoms with E-state index in [0.717, 1.165) is 16.6 Å². The molecule has 3 aromatic rings. The van der Waals surface area contributed by atoms with E-state index in [2.05, 4.69) is 25.7 Å². The summed E-state index contributed by atoms with van der Waals surface area (Å²) in [6.45, 7) is 0.311. The Balaban J connectivity index is 2.05. The van der Waals surface area contributed by atoms with Crippen LogP contribution in [0.25, 0.3) is 16.6 Å². The highest BCUT2D eigenvalue weighted by molar-refractivity contribution is 6.01. The lowest BCUT2D eigenvalue weighted by atomic mass is 10.2. The maximum atomic E-state index is 11.7. The van der Waals surface area contributed by atoms with E-state index in [-0.39, 0.29) is 12.3 Å². The molecule has 0 unspecified atom stereocenters. The molecule has 8 nitrogen and oxygen atoms in total. The van der Waals surface area contributed by atoms with Gasteiger partial charge in [0.2, 0.25) is 5.91 Å². The molecule has 20 heavy (non-hydrogen) atoms. The minimum atomic E-state index is -0.129. The SMILES string of the molecule is NCCC(=O)Nc1cc(-n2cnnc2)cc2[nH]ncc12. The van der Waals surface area contributed by atoms with Crippen LogP contribution in [0, 0.1) is 0 Å². The van der Waals surface area contributed by atoms with E-state index in [1.807, 2.05) is 12.1 Å². The lowest BCUT2D eigenvalue weighted by molar-refractivity contribution is -0.116. The van der Waals surface area contributed by atoms with Crippen LogP contribution in [0.2, 0.25) is 0 Å². The number of nitrogens with two attached hydrogens (primary N) is 1. The normalized spacial score (nSPS) is 10.8. The van der Waals surface area contributed by atoms with Gasteiger partial charge in [0.15, 0.2) is 0 Å². The molecule has 0 saturated carbocycles. The van der Waals surface area contributed by atoms with Crippen molar-refractivity contribution in [3.05, 3.63) is 31.0 Å². The smallest absolute Gasteiger partial charge is 0.225 e. The number of anilines is 1. The van der Waals surface area contributed by atoms with Gasteiger partial charge in [-0.25, -0.2) is 0 Å². The number of carbonyl (C=O) groups is 1. The van der Waals surface area contributed by atoms with Crippen LogP contribution >= 0.6 is 0 Å². The van der Waals surface area contributed by atoms with Gasteiger partial charge < -0.3 is 11.1 Å². The first-order chi connectivity index (χ1) is 9.78. The molecule has 0 aliphatic carbocycles. The van der Waals surface area contributed by atoms with E-state index < -0.39 is 0 Å². The molecule has 0 atom stereocenters. The molecule has 2 aromatic heterocycles. The molecular formula is C12H13N7O. The third-order valence-corrected chi connectivity index (χ3v) is 2.91. The summed E-state index contributed by atoms with van der Waals surface area (Å²) in [4.78, 5) is 11.7. The van der Waals surface area contributed by atoms with Gasteiger partial charge in [-0.15, -0.1) is 10.2 Å². The molecule has 2 heterocycles. The molecule has 3 rings (SSSR count).